The zero-order chi connectivity index (χ0) is 17.9. The minimum absolute atomic E-state index is 0.216. The highest BCUT2D eigenvalue weighted by Crippen LogP contribution is 2.20. The van der Waals surface area contributed by atoms with Crippen molar-refractivity contribution in [2.45, 2.75) is 11.8 Å². The zero-order valence-corrected chi connectivity index (χ0v) is 15.2. The molecule has 0 heterocycles. The van der Waals surface area contributed by atoms with Gasteiger partial charge in [0.1, 0.15) is 0 Å². The van der Waals surface area contributed by atoms with Crippen LogP contribution in [0.5, 0.6) is 0 Å². The van der Waals surface area contributed by atoms with Crippen LogP contribution in [-0.2, 0) is 9.84 Å². The Hall–Kier alpha value is -1.89. The molecule has 0 bridgehead atoms. The predicted octanol–water partition coefficient (Wildman–Crippen LogP) is 3.55. The summed E-state index contributed by atoms with van der Waals surface area (Å²) in [5.41, 5.74) is 3.81. The first-order valence-corrected chi connectivity index (χ1v) is 9.43. The first-order valence-electron chi connectivity index (χ1n) is 6.78. The van der Waals surface area contributed by atoms with Crippen LogP contribution in [0.25, 0.3) is 0 Å². The standard InChI is InChI=1S/C16H14Cl2N2O3S/c1-10(11-3-6-13(7-4-11)24(2,22)23)19-20-16(21)14-9-12(17)5-8-15(14)18/h3-9H,1-2H3,(H,20,21)/b19-10-. The van der Waals surface area contributed by atoms with Crippen LogP contribution in [0.3, 0.4) is 0 Å². The van der Waals surface area contributed by atoms with Crippen molar-refractivity contribution in [1.82, 2.24) is 5.43 Å². The molecule has 1 amide bonds. The zero-order valence-electron chi connectivity index (χ0n) is 12.9. The average molecular weight is 385 g/mol. The van der Waals surface area contributed by atoms with Gasteiger partial charge in [0.15, 0.2) is 9.84 Å². The molecule has 0 saturated carbocycles. The Kier molecular flexibility index (Phi) is 5.64. The lowest BCUT2D eigenvalue weighted by atomic mass is 10.1. The third kappa shape index (κ3) is 4.56. The smallest absolute Gasteiger partial charge is 0.267 e. The van der Waals surface area contributed by atoms with E-state index < -0.39 is 15.7 Å². The number of carbonyl (C=O) groups excluding carboxylic acids is 1. The number of halogens is 2. The number of nitrogens with zero attached hydrogens (tertiary/aromatic N) is 1. The van der Waals surface area contributed by atoms with Crippen molar-refractivity contribution >= 4 is 44.7 Å². The summed E-state index contributed by atoms with van der Waals surface area (Å²) in [5.74, 6) is -0.491. The van der Waals surface area contributed by atoms with Gasteiger partial charge in [-0.15, -0.1) is 0 Å². The van der Waals surface area contributed by atoms with E-state index in [1.807, 2.05) is 0 Å². The summed E-state index contributed by atoms with van der Waals surface area (Å²) in [6, 6.07) is 10.8. The van der Waals surface area contributed by atoms with E-state index in [-0.39, 0.29) is 15.5 Å². The van der Waals surface area contributed by atoms with Gasteiger partial charge in [-0.2, -0.15) is 5.10 Å². The minimum Gasteiger partial charge on any atom is -0.267 e. The first kappa shape index (κ1) is 18.4. The van der Waals surface area contributed by atoms with Crippen LogP contribution in [0.2, 0.25) is 10.0 Å². The molecule has 0 fully saturated rings. The predicted molar refractivity (Wildman–Crippen MR) is 95.7 cm³/mol. The second kappa shape index (κ2) is 7.34. The largest absolute Gasteiger partial charge is 0.272 e. The SMILES string of the molecule is C/C(=N/NC(=O)c1cc(Cl)ccc1Cl)c1ccc(S(C)(=O)=O)cc1. The van der Waals surface area contributed by atoms with Crippen LogP contribution >= 0.6 is 23.2 Å². The van der Waals surface area contributed by atoms with E-state index >= 15 is 0 Å². The molecule has 0 aliphatic rings. The van der Waals surface area contributed by atoms with E-state index in [9.17, 15) is 13.2 Å². The number of hydrogen-bond acceptors (Lipinski definition) is 4. The number of amides is 1. The van der Waals surface area contributed by atoms with Crippen LogP contribution in [0.1, 0.15) is 22.8 Å². The van der Waals surface area contributed by atoms with E-state index in [0.29, 0.717) is 16.3 Å². The summed E-state index contributed by atoms with van der Waals surface area (Å²) in [7, 11) is -3.25. The maximum atomic E-state index is 12.1. The van der Waals surface area contributed by atoms with Gasteiger partial charge in [-0.1, -0.05) is 35.3 Å². The molecule has 5 nitrogen and oxygen atoms in total. The fourth-order valence-electron chi connectivity index (χ4n) is 1.87. The summed E-state index contributed by atoms with van der Waals surface area (Å²) in [5, 5.41) is 4.66. The van der Waals surface area contributed by atoms with Crippen LogP contribution < -0.4 is 5.43 Å². The van der Waals surface area contributed by atoms with E-state index in [4.69, 9.17) is 23.2 Å². The van der Waals surface area contributed by atoms with Crippen LogP contribution in [0.15, 0.2) is 52.5 Å². The third-order valence-corrected chi connectivity index (χ3v) is 4.89. The molecule has 2 aromatic carbocycles. The molecule has 1 N–H and O–H groups in total. The average Bonchev–Trinajstić information content (AvgIpc) is 2.53. The first-order chi connectivity index (χ1) is 11.2. The molecule has 0 aliphatic carbocycles. The van der Waals surface area contributed by atoms with Crippen molar-refractivity contribution in [2.75, 3.05) is 6.26 Å². The van der Waals surface area contributed by atoms with Gasteiger partial charge in [0.25, 0.3) is 5.91 Å². The number of carbonyl (C=O) groups is 1. The summed E-state index contributed by atoms with van der Waals surface area (Å²) in [6.07, 6.45) is 1.14. The van der Waals surface area contributed by atoms with Crippen molar-refractivity contribution in [3.63, 3.8) is 0 Å². The molecule has 8 heteroatoms. The Bertz CT molecular complexity index is 907. The van der Waals surface area contributed by atoms with E-state index in [1.54, 1.807) is 25.1 Å². The summed E-state index contributed by atoms with van der Waals surface area (Å²) in [4.78, 5) is 12.3. The molecule has 0 spiro atoms. The Morgan fingerprint density at radius 3 is 2.29 bits per heavy atom. The van der Waals surface area contributed by atoms with Crippen LogP contribution in [-0.4, -0.2) is 26.3 Å². The van der Waals surface area contributed by atoms with Gasteiger partial charge in [-0.25, -0.2) is 13.8 Å². The van der Waals surface area contributed by atoms with E-state index in [1.165, 1.54) is 24.3 Å². The van der Waals surface area contributed by atoms with Gasteiger partial charge in [-0.05, 0) is 42.8 Å². The summed E-state index contributed by atoms with van der Waals surface area (Å²) >= 11 is 11.8. The van der Waals surface area contributed by atoms with Gasteiger partial charge < -0.3 is 0 Å². The normalized spacial score (nSPS) is 12.1. The second-order valence-corrected chi connectivity index (χ2v) is 7.92. The highest BCUT2D eigenvalue weighted by Gasteiger charge is 2.11. The van der Waals surface area contributed by atoms with Gasteiger partial charge in [0.05, 0.1) is 21.2 Å². The van der Waals surface area contributed by atoms with Crippen LogP contribution in [0, 0.1) is 0 Å². The van der Waals surface area contributed by atoms with Gasteiger partial charge in [-0.3, -0.25) is 4.79 Å². The fourth-order valence-corrected chi connectivity index (χ4v) is 2.88. The lowest BCUT2D eigenvalue weighted by Crippen LogP contribution is -2.19. The molecule has 0 unspecified atom stereocenters. The lowest BCUT2D eigenvalue weighted by molar-refractivity contribution is 0.0955. The topological polar surface area (TPSA) is 75.6 Å². The van der Waals surface area contributed by atoms with E-state index in [0.717, 1.165) is 6.26 Å². The molecular weight excluding hydrogens is 371 g/mol. The number of nitrogens with one attached hydrogen (secondary N) is 1. The summed E-state index contributed by atoms with van der Waals surface area (Å²) in [6.45, 7) is 1.69. The number of hydrazone groups is 1. The van der Waals surface area contributed by atoms with Gasteiger partial charge >= 0.3 is 0 Å². The maximum Gasteiger partial charge on any atom is 0.272 e. The lowest BCUT2D eigenvalue weighted by Gasteiger charge is -2.06. The monoisotopic (exact) mass is 384 g/mol. The quantitative estimate of drug-likeness (QED) is 0.646. The van der Waals surface area contributed by atoms with E-state index in [2.05, 4.69) is 10.5 Å². The Balaban J connectivity index is 2.16. The number of hydrogen-bond donors (Lipinski definition) is 1. The van der Waals surface area contributed by atoms with Gasteiger partial charge in [0, 0.05) is 11.3 Å². The molecule has 2 aromatic rings. The van der Waals surface area contributed by atoms with Crippen molar-refractivity contribution in [3.05, 3.63) is 63.6 Å². The fraction of sp³-hybridized carbons (Fsp3) is 0.125. The Morgan fingerprint density at radius 1 is 1.08 bits per heavy atom. The molecule has 0 radical (unpaired) electrons. The number of sulfone groups is 1. The Labute approximate surface area is 150 Å². The molecule has 2 rings (SSSR count). The molecule has 0 aromatic heterocycles. The highest BCUT2D eigenvalue weighted by atomic mass is 35.5. The third-order valence-electron chi connectivity index (χ3n) is 3.20. The van der Waals surface area contributed by atoms with Crippen molar-refractivity contribution in [3.8, 4) is 0 Å². The molecule has 0 atom stereocenters. The molecule has 0 aliphatic heterocycles. The number of rotatable bonds is 4. The summed E-state index contributed by atoms with van der Waals surface area (Å²) < 4.78 is 22.9. The highest BCUT2D eigenvalue weighted by molar-refractivity contribution is 7.90. The molecule has 0 saturated heterocycles. The molecule has 126 valence electrons. The van der Waals surface area contributed by atoms with Crippen LogP contribution in [0.4, 0.5) is 0 Å². The number of benzene rings is 2. The second-order valence-electron chi connectivity index (χ2n) is 5.06. The van der Waals surface area contributed by atoms with Crippen molar-refractivity contribution in [1.29, 1.82) is 0 Å². The molecular formula is C16H14Cl2N2O3S. The Morgan fingerprint density at radius 2 is 1.71 bits per heavy atom. The minimum atomic E-state index is -3.25. The van der Waals surface area contributed by atoms with Crippen molar-refractivity contribution < 1.29 is 13.2 Å². The maximum absolute atomic E-state index is 12.1. The van der Waals surface area contributed by atoms with Crippen molar-refractivity contribution in [2.24, 2.45) is 5.10 Å². The molecule has 24 heavy (non-hydrogen) atoms. The van der Waals surface area contributed by atoms with Gasteiger partial charge in [0.2, 0.25) is 0 Å².